The zero-order valence-corrected chi connectivity index (χ0v) is 18.0. The lowest BCUT2D eigenvalue weighted by Gasteiger charge is -2.38. The maximum Gasteiger partial charge on any atom is 0.131 e. The molecule has 29 heavy (non-hydrogen) atoms. The number of likely N-dealkylation sites (tertiary alicyclic amines) is 1. The quantitative estimate of drug-likeness (QED) is 0.638. The van der Waals surface area contributed by atoms with Crippen molar-refractivity contribution in [1.29, 1.82) is 0 Å². The maximum absolute atomic E-state index is 14.6. The van der Waals surface area contributed by atoms with Crippen molar-refractivity contribution in [1.82, 2.24) is 9.80 Å². The molecule has 0 radical (unpaired) electrons. The molecule has 1 aromatic carbocycles. The Morgan fingerprint density at radius 3 is 2.52 bits per heavy atom. The predicted octanol–water partition coefficient (Wildman–Crippen LogP) is 4.47. The molecule has 0 aromatic heterocycles. The van der Waals surface area contributed by atoms with Gasteiger partial charge in [-0.2, -0.15) is 0 Å². The summed E-state index contributed by atoms with van der Waals surface area (Å²) >= 11 is 0. The number of hydrogen-bond acceptors (Lipinski definition) is 4. The van der Waals surface area contributed by atoms with Gasteiger partial charge in [0, 0.05) is 43.9 Å². The van der Waals surface area contributed by atoms with Crippen molar-refractivity contribution >= 4 is 0 Å². The Morgan fingerprint density at radius 2 is 1.86 bits per heavy atom. The van der Waals surface area contributed by atoms with Crippen LogP contribution in [0, 0.1) is 11.7 Å². The summed E-state index contributed by atoms with van der Waals surface area (Å²) in [6.45, 7) is 5.95. The fraction of sp³-hybridized carbons (Fsp3) is 0.750. The Labute approximate surface area is 175 Å². The predicted molar refractivity (Wildman–Crippen MR) is 114 cm³/mol. The van der Waals surface area contributed by atoms with Gasteiger partial charge in [0.05, 0.1) is 13.2 Å². The van der Waals surface area contributed by atoms with Crippen LogP contribution in [0.15, 0.2) is 18.2 Å². The minimum atomic E-state index is -0.169. The number of nitrogens with zero attached hydrogens (tertiary/aromatic N) is 2. The molecule has 4 nitrogen and oxygen atoms in total. The molecule has 4 rings (SSSR count). The number of rotatable bonds is 8. The van der Waals surface area contributed by atoms with Crippen molar-refractivity contribution in [2.24, 2.45) is 5.92 Å². The smallest absolute Gasteiger partial charge is 0.131 e. The highest BCUT2D eigenvalue weighted by molar-refractivity contribution is 5.28. The fourth-order valence-corrected chi connectivity index (χ4v) is 5.44. The van der Waals surface area contributed by atoms with Crippen LogP contribution in [0.3, 0.4) is 0 Å². The summed E-state index contributed by atoms with van der Waals surface area (Å²) in [6, 6.07) is 6.08. The number of hydrogen-bond donors (Lipinski definition) is 0. The average molecular weight is 405 g/mol. The summed E-state index contributed by atoms with van der Waals surface area (Å²) in [7, 11) is 1.58. The Kier molecular flexibility index (Phi) is 7.44. The van der Waals surface area contributed by atoms with E-state index in [2.05, 4.69) is 9.80 Å². The van der Waals surface area contributed by atoms with Crippen LogP contribution in [0.25, 0.3) is 0 Å². The van der Waals surface area contributed by atoms with Gasteiger partial charge in [-0.3, -0.25) is 4.90 Å². The largest absolute Gasteiger partial charge is 0.497 e. The first-order valence-electron chi connectivity index (χ1n) is 11.6. The van der Waals surface area contributed by atoms with E-state index in [1.165, 1.54) is 57.7 Å². The van der Waals surface area contributed by atoms with Crippen molar-refractivity contribution in [3.8, 4) is 5.75 Å². The maximum atomic E-state index is 14.6. The molecule has 2 heterocycles. The molecular formula is C24H37FN2O2. The van der Waals surface area contributed by atoms with Crippen molar-refractivity contribution < 1.29 is 13.9 Å². The van der Waals surface area contributed by atoms with Crippen molar-refractivity contribution in [3.05, 3.63) is 29.6 Å². The van der Waals surface area contributed by atoms with Crippen molar-refractivity contribution in [3.63, 3.8) is 0 Å². The van der Waals surface area contributed by atoms with Gasteiger partial charge >= 0.3 is 0 Å². The highest BCUT2D eigenvalue weighted by Crippen LogP contribution is 2.29. The Bertz CT molecular complexity index is 636. The number of halogens is 1. The van der Waals surface area contributed by atoms with Crippen molar-refractivity contribution in [2.45, 2.75) is 70.1 Å². The molecule has 3 aliphatic rings. The molecule has 0 N–H and O–H groups in total. The van der Waals surface area contributed by atoms with Crippen LogP contribution in [0.1, 0.15) is 56.9 Å². The lowest BCUT2D eigenvalue weighted by Crippen LogP contribution is -2.43. The van der Waals surface area contributed by atoms with E-state index in [0.717, 1.165) is 44.1 Å². The van der Waals surface area contributed by atoms with E-state index in [0.29, 0.717) is 24.3 Å². The lowest BCUT2D eigenvalue weighted by atomic mass is 9.94. The Hall–Kier alpha value is -1.17. The van der Waals surface area contributed by atoms with E-state index in [-0.39, 0.29) is 5.82 Å². The third-order valence-corrected chi connectivity index (χ3v) is 7.15. The van der Waals surface area contributed by atoms with Gasteiger partial charge in [-0.05, 0) is 63.6 Å². The SMILES string of the molecule is COc1ccc(CN(CC2CCN(C3CCCC3)CC2)C[C@@H]2CCCO2)c(F)c1. The van der Waals surface area contributed by atoms with E-state index in [1.807, 2.05) is 12.1 Å². The Morgan fingerprint density at radius 1 is 1.07 bits per heavy atom. The van der Waals surface area contributed by atoms with Crippen molar-refractivity contribution in [2.75, 3.05) is 39.9 Å². The number of benzene rings is 1. The van der Waals surface area contributed by atoms with Crippen LogP contribution in [-0.2, 0) is 11.3 Å². The number of piperidine rings is 1. The van der Waals surface area contributed by atoms with E-state index < -0.39 is 0 Å². The van der Waals surface area contributed by atoms with Gasteiger partial charge in [0.25, 0.3) is 0 Å². The molecule has 0 spiro atoms. The normalized spacial score (nSPS) is 24.6. The average Bonchev–Trinajstić information content (AvgIpc) is 3.44. The summed E-state index contributed by atoms with van der Waals surface area (Å²) < 4.78 is 25.6. The van der Waals surface area contributed by atoms with Gasteiger partial charge in [0.15, 0.2) is 0 Å². The van der Waals surface area contributed by atoms with Gasteiger partial charge in [-0.15, -0.1) is 0 Å². The standard InChI is InChI=1S/C24H37FN2O2/c1-28-22-9-8-20(24(25)15-22)17-26(18-23-7-4-14-29-23)16-19-10-12-27(13-11-19)21-5-2-3-6-21/h8-9,15,19,21,23H,2-7,10-14,16-18H2,1H3/t23-/m0/s1. The van der Waals surface area contributed by atoms with Crippen LogP contribution < -0.4 is 4.74 Å². The van der Waals surface area contributed by atoms with Gasteiger partial charge in [0.1, 0.15) is 11.6 Å². The van der Waals surface area contributed by atoms with Crippen LogP contribution in [0.2, 0.25) is 0 Å². The second-order valence-corrected chi connectivity index (χ2v) is 9.20. The van der Waals surface area contributed by atoms with Gasteiger partial charge in [0.2, 0.25) is 0 Å². The molecule has 1 aromatic rings. The fourth-order valence-electron chi connectivity index (χ4n) is 5.44. The zero-order valence-electron chi connectivity index (χ0n) is 18.0. The molecule has 0 unspecified atom stereocenters. The van der Waals surface area contributed by atoms with Crippen LogP contribution >= 0.6 is 0 Å². The minimum absolute atomic E-state index is 0.169. The molecule has 0 amide bonds. The van der Waals surface area contributed by atoms with E-state index in [1.54, 1.807) is 7.11 Å². The zero-order chi connectivity index (χ0) is 20.1. The number of ether oxygens (including phenoxy) is 2. The summed E-state index contributed by atoms with van der Waals surface area (Å²) in [6.07, 6.45) is 10.7. The summed E-state index contributed by atoms with van der Waals surface area (Å²) in [5, 5.41) is 0. The third-order valence-electron chi connectivity index (χ3n) is 7.15. The topological polar surface area (TPSA) is 24.9 Å². The van der Waals surface area contributed by atoms with Crippen LogP contribution in [-0.4, -0.2) is 61.8 Å². The van der Waals surface area contributed by atoms with Crippen LogP contribution in [0.4, 0.5) is 4.39 Å². The van der Waals surface area contributed by atoms with E-state index in [4.69, 9.17) is 9.47 Å². The summed E-state index contributed by atoms with van der Waals surface area (Å²) in [4.78, 5) is 5.17. The van der Waals surface area contributed by atoms with Crippen LogP contribution in [0.5, 0.6) is 5.75 Å². The molecule has 162 valence electrons. The minimum Gasteiger partial charge on any atom is -0.497 e. The van der Waals surface area contributed by atoms with Gasteiger partial charge < -0.3 is 14.4 Å². The second kappa shape index (κ2) is 10.2. The number of methoxy groups -OCH3 is 1. The Balaban J connectivity index is 1.35. The summed E-state index contributed by atoms with van der Waals surface area (Å²) in [5.41, 5.74) is 0.757. The monoisotopic (exact) mass is 404 g/mol. The first-order valence-corrected chi connectivity index (χ1v) is 11.6. The molecule has 5 heteroatoms. The molecule has 1 saturated carbocycles. The second-order valence-electron chi connectivity index (χ2n) is 9.20. The molecule has 1 atom stereocenters. The highest BCUT2D eigenvalue weighted by atomic mass is 19.1. The van der Waals surface area contributed by atoms with E-state index >= 15 is 0 Å². The van der Waals surface area contributed by atoms with Gasteiger partial charge in [-0.25, -0.2) is 4.39 Å². The summed E-state index contributed by atoms with van der Waals surface area (Å²) in [5.74, 6) is 1.12. The molecular weight excluding hydrogens is 367 g/mol. The molecule has 2 saturated heterocycles. The highest BCUT2D eigenvalue weighted by Gasteiger charge is 2.29. The lowest BCUT2D eigenvalue weighted by molar-refractivity contribution is 0.0536. The first-order chi connectivity index (χ1) is 14.2. The molecule has 0 bridgehead atoms. The first kappa shape index (κ1) is 21.1. The molecule has 2 aliphatic heterocycles. The third kappa shape index (κ3) is 5.71. The van der Waals surface area contributed by atoms with E-state index in [9.17, 15) is 4.39 Å². The van der Waals surface area contributed by atoms with Gasteiger partial charge in [-0.1, -0.05) is 18.9 Å². The molecule has 1 aliphatic carbocycles. The molecule has 3 fully saturated rings.